The summed E-state index contributed by atoms with van der Waals surface area (Å²) in [7, 11) is 0. The monoisotopic (exact) mass is 415 g/mol. The normalized spacial score (nSPS) is 13.6. The van der Waals surface area contributed by atoms with Gasteiger partial charge in [-0.15, -0.1) is 11.8 Å². The molecule has 1 unspecified atom stereocenters. The lowest BCUT2D eigenvalue weighted by molar-refractivity contribution is -0.191. The van der Waals surface area contributed by atoms with Crippen molar-refractivity contribution in [3.05, 3.63) is 0 Å². The van der Waals surface area contributed by atoms with Crippen LogP contribution in [0.1, 0.15) is 67.7 Å². The van der Waals surface area contributed by atoms with Crippen LogP contribution in [0, 0.1) is 11.8 Å². The van der Waals surface area contributed by atoms with Crippen molar-refractivity contribution in [1.29, 1.82) is 0 Å². The van der Waals surface area contributed by atoms with Crippen molar-refractivity contribution in [3.63, 3.8) is 0 Å². The van der Waals surface area contributed by atoms with Gasteiger partial charge in [-0.25, -0.2) is 0 Å². The number of amides is 1. The lowest BCUT2D eigenvalue weighted by Crippen LogP contribution is -2.40. The quantitative estimate of drug-likeness (QED) is 0.521. The van der Waals surface area contributed by atoms with Crippen LogP contribution >= 0.6 is 11.8 Å². The van der Waals surface area contributed by atoms with Crippen molar-refractivity contribution in [2.75, 3.05) is 0 Å². The molecule has 160 valence electrons. The second kappa shape index (κ2) is 15.2. The van der Waals surface area contributed by atoms with Gasteiger partial charge in [-0.1, -0.05) is 34.6 Å². The van der Waals surface area contributed by atoms with E-state index in [1.54, 1.807) is 25.6 Å². The van der Waals surface area contributed by atoms with Gasteiger partial charge in [-0.2, -0.15) is 9.59 Å². The lowest BCUT2D eigenvalue weighted by Gasteiger charge is -2.17. The SMILES string of the molecule is CC(C)SC(C)C(=O)CCC(=O)N[C@@H](C)C(=O)C[C@@H](C)C(=O)C(C)C.O=C=O. The van der Waals surface area contributed by atoms with Crippen molar-refractivity contribution < 1.29 is 28.8 Å². The zero-order chi connectivity index (χ0) is 22.4. The molecule has 0 radical (unpaired) electrons. The topological polar surface area (TPSA) is 114 Å². The Labute approximate surface area is 171 Å². The standard InChI is InChI=1S/C19H33NO4S.CO2/c1-11(2)19(24)13(5)10-17(22)14(6)20-18(23)9-8-16(21)15(7)25-12(3)4;2-1-3/h11-15H,8-10H2,1-7H3,(H,20,23);/t13-,14+,15?;/m1./s1. The number of rotatable bonds is 12. The average molecular weight is 416 g/mol. The predicted molar refractivity (Wildman–Crippen MR) is 108 cm³/mol. The van der Waals surface area contributed by atoms with E-state index >= 15 is 0 Å². The minimum absolute atomic E-state index is 0.0454. The molecule has 0 aliphatic heterocycles. The molecule has 1 N–H and O–H groups in total. The first kappa shape index (κ1) is 28.4. The Hall–Kier alpha value is -1.79. The van der Waals surface area contributed by atoms with E-state index < -0.39 is 6.04 Å². The highest BCUT2D eigenvalue weighted by Crippen LogP contribution is 2.19. The first-order valence-electron chi connectivity index (χ1n) is 9.40. The number of hydrogen-bond acceptors (Lipinski definition) is 7. The minimum atomic E-state index is -0.646. The van der Waals surface area contributed by atoms with Crippen molar-refractivity contribution in [1.82, 2.24) is 5.32 Å². The first-order valence-corrected chi connectivity index (χ1v) is 10.3. The van der Waals surface area contributed by atoms with E-state index in [9.17, 15) is 19.2 Å². The third-order valence-corrected chi connectivity index (χ3v) is 5.17. The Balaban J connectivity index is 0. The van der Waals surface area contributed by atoms with Crippen LogP contribution in [0.5, 0.6) is 0 Å². The summed E-state index contributed by atoms with van der Waals surface area (Å²) >= 11 is 1.58. The number of carbonyl (C=O) groups excluding carboxylic acids is 6. The van der Waals surface area contributed by atoms with E-state index in [1.807, 2.05) is 34.6 Å². The zero-order valence-electron chi connectivity index (χ0n) is 17.9. The van der Waals surface area contributed by atoms with Gasteiger partial charge >= 0.3 is 6.15 Å². The molecule has 3 atom stereocenters. The first-order chi connectivity index (χ1) is 12.9. The molecule has 0 fully saturated rings. The van der Waals surface area contributed by atoms with Crippen LogP contribution in [-0.4, -0.2) is 46.0 Å². The van der Waals surface area contributed by atoms with Crippen LogP contribution in [0.15, 0.2) is 0 Å². The van der Waals surface area contributed by atoms with Crippen LogP contribution in [0.2, 0.25) is 0 Å². The van der Waals surface area contributed by atoms with Gasteiger partial charge in [0.2, 0.25) is 5.91 Å². The highest BCUT2D eigenvalue weighted by Gasteiger charge is 2.24. The number of thioether (sulfide) groups is 1. The summed E-state index contributed by atoms with van der Waals surface area (Å²) in [5.74, 6) is -0.825. The predicted octanol–water partition coefficient (Wildman–Crippen LogP) is 2.61. The molecule has 8 heteroatoms. The molecule has 0 aliphatic rings. The van der Waals surface area contributed by atoms with Crippen molar-refractivity contribution in [2.45, 2.75) is 84.3 Å². The Morgan fingerprint density at radius 3 is 1.79 bits per heavy atom. The summed E-state index contributed by atoms with van der Waals surface area (Å²) in [5.41, 5.74) is 0. The maximum absolute atomic E-state index is 12.1. The summed E-state index contributed by atoms with van der Waals surface area (Å²) in [5, 5.41) is 2.86. The highest BCUT2D eigenvalue weighted by atomic mass is 32.2. The molecule has 0 aromatic rings. The van der Waals surface area contributed by atoms with Gasteiger partial charge in [-0.3, -0.25) is 19.2 Å². The lowest BCUT2D eigenvalue weighted by atomic mass is 9.91. The van der Waals surface area contributed by atoms with Crippen molar-refractivity contribution >= 4 is 41.2 Å². The van der Waals surface area contributed by atoms with Gasteiger partial charge in [0.1, 0.15) is 11.6 Å². The zero-order valence-corrected chi connectivity index (χ0v) is 18.7. The van der Waals surface area contributed by atoms with Gasteiger partial charge in [-0.05, 0) is 19.1 Å². The van der Waals surface area contributed by atoms with Crippen molar-refractivity contribution in [3.8, 4) is 0 Å². The molecular formula is C20H33NO6S. The number of nitrogens with one attached hydrogen (secondary N) is 1. The van der Waals surface area contributed by atoms with E-state index in [1.165, 1.54) is 0 Å². The molecule has 0 saturated heterocycles. The van der Waals surface area contributed by atoms with Gasteiger partial charge in [0.05, 0.1) is 11.3 Å². The second-order valence-corrected chi connectivity index (χ2v) is 9.22. The summed E-state index contributed by atoms with van der Waals surface area (Å²) in [4.78, 5) is 64.2. The molecule has 7 nitrogen and oxygen atoms in total. The average Bonchev–Trinajstić information content (AvgIpc) is 2.58. The van der Waals surface area contributed by atoms with Gasteiger partial charge in [0, 0.05) is 31.1 Å². The maximum Gasteiger partial charge on any atom is 0.373 e. The summed E-state index contributed by atoms with van der Waals surface area (Å²) in [6, 6.07) is -0.646. The molecule has 0 saturated carbocycles. The van der Waals surface area contributed by atoms with E-state index in [4.69, 9.17) is 9.59 Å². The maximum atomic E-state index is 12.1. The van der Waals surface area contributed by atoms with Gasteiger partial charge in [0.15, 0.2) is 5.78 Å². The van der Waals surface area contributed by atoms with Crippen LogP contribution in [0.25, 0.3) is 0 Å². The van der Waals surface area contributed by atoms with Gasteiger partial charge in [0.25, 0.3) is 0 Å². The molecule has 0 spiro atoms. The molecular weight excluding hydrogens is 382 g/mol. The number of hydrogen-bond donors (Lipinski definition) is 1. The Kier molecular flexibility index (Phi) is 15.4. The number of ketones is 3. The Morgan fingerprint density at radius 2 is 1.36 bits per heavy atom. The van der Waals surface area contributed by atoms with Crippen LogP contribution in [0.3, 0.4) is 0 Å². The van der Waals surface area contributed by atoms with E-state index in [-0.39, 0.29) is 65.8 Å². The minimum Gasteiger partial charge on any atom is -0.347 e. The van der Waals surface area contributed by atoms with Crippen LogP contribution in [-0.2, 0) is 28.8 Å². The van der Waals surface area contributed by atoms with Crippen molar-refractivity contribution in [2.24, 2.45) is 11.8 Å². The van der Waals surface area contributed by atoms with E-state index in [0.717, 1.165) is 0 Å². The fraction of sp³-hybridized carbons (Fsp3) is 0.750. The highest BCUT2D eigenvalue weighted by molar-refractivity contribution is 8.01. The Morgan fingerprint density at radius 1 is 0.857 bits per heavy atom. The summed E-state index contributed by atoms with van der Waals surface area (Å²) in [6.07, 6.45) is 0.634. The molecule has 1 amide bonds. The largest absolute Gasteiger partial charge is 0.373 e. The molecule has 0 heterocycles. The van der Waals surface area contributed by atoms with Crippen LogP contribution in [0.4, 0.5) is 0 Å². The number of Topliss-reactive ketones (excluding diaryl/α,β-unsaturated/α-hetero) is 3. The molecule has 0 aromatic heterocycles. The molecule has 0 bridgehead atoms. The molecule has 0 aliphatic carbocycles. The smallest absolute Gasteiger partial charge is 0.347 e. The third-order valence-electron chi connectivity index (χ3n) is 3.95. The van der Waals surface area contributed by atoms with Crippen LogP contribution < -0.4 is 5.32 Å². The molecule has 0 aromatic carbocycles. The summed E-state index contributed by atoms with van der Waals surface area (Å²) < 4.78 is 0. The van der Waals surface area contributed by atoms with E-state index in [0.29, 0.717) is 5.25 Å². The fourth-order valence-corrected chi connectivity index (χ4v) is 3.55. The molecule has 0 rings (SSSR count). The van der Waals surface area contributed by atoms with Gasteiger partial charge < -0.3 is 5.32 Å². The fourth-order valence-electron chi connectivity index (χ4n) is 2.47. The number of carbonyl (C=O) groups is 4. The second-order valence-electron chi connectivity index (χ2n) is 7.29. The summed E-state index contributed by atoms with van der Waals surface area (Å²) in [6.45, 7) is 12.9. The molecule has 28 heavy (non-hydrogen) atoms. The van der Waals surface area contributed by atoms with E-state index in [2.05, 4.69) is 5.32 Å². The third kappa shape index (κ3) is 13.4. The Bertz CT molecular complexity index is 567.